The van der Waals surface area contributed by atoms with Crippen molar-refractivity contribution in [2.45, 2.75) is 26.8 Å². The Labute approximate surface area is 119 Å². The lowest BCUT2D eigenvalue weighted by Crippen LogP contribution is -2.04. The summed E-state index contributed by atoms with van der Waals surface area (Å²) in [6.07, 6.45) is 0. The van der Waals surface area contributed by atoms with Gasteiger partial charge in [0.25, 0.3) is 0 Å². The third-order valence-corrected chi connectivity index (χ3v) is 3.63. The average molecular weight is 276 g/mol. The van der Waals surface area contributed by atoms with Crippen LogP contribution in [0.25, 0.3) is 0 Å². The molecule has 3 heteroatoms. The molecular weight excluding hydrogens is 258 g/mol. The van der Waals surface area contributed by atoms with E-state index in [1.54, 1.807) is 0 Å². The van der Waals surface area contributed by atoms with Crippen LogP contribution in [0.15, 0.2) is 36.4 Å². The number of halogens is 1. The number of aryl methyl sites for hydroxylation is 2. The van der Waals surface area contributed by atoms with Gasteiger partial charge < -0.3 is 10.5 Å². The van der Waals surface area contributed by atoms with Crippen molar-refractivity contribution < 1.29 is 4.74 Å². The molecule has 2 rings (SSSR count). The Morgan fingerprint density at radius 2 is 1.68 bits per heavy atom. The van der Waals surface area contributed by atoms with E-state index < -0.39 is 0 Å². The van der Waals surface area contributed by atoms with Crippen molar-refractivity contribution in [1.29, 1.82) is 0 Å². The van der Waals surface area contributed by atoms with Crippen LogP contribution in [0.1, 0.15) is 29.7 Å². The van der Waals surface area contributed by atoms with Gasteiger partial charge in [-0.05, 0) is 61.7 Å². The average Bonchev–Trinajstić information content (AvgIpc) is 2.36. The molecule has 0 heterocycles. The van der Waals surface area contributed by atoms with Gasteiger partial charge in [-0.1, -0.05) is 23.7 Å². The summed E-state index contributed by atoms with van der Waals surface area (Å²) in [5, 5.41) is 0.789. The number of rotatable bonds is 3. The van der Waals surface area contributed by atoms with Crippen LogP contribution in [-0.2, 0) is 0 Å². The monoisotopic (exact) mass is 275 g/mol. The molecule has 2 aromatic rings. The van der Waals surface area contributed by atoms with Crippen molar-refractivity contribution in [3.8, 4) is 11.5 Å². The van der Waals surface area contributed by atoms with E-state index in [9.17, 15) is 0 Å². The molecule has 19 heavy (non-hydrogen) atoms. The molecule has 0 aliphatic heterocycles. The Morgan fingerprint density at radius 3 is 2.26 bits per heavy atom. The van der Waals surface area contributed by atoms with Gasteiger partial charge in [0.05, 0.1) is 0 Å². The summed E-state index contributed by atoms with van der Waals surface area (Å²) in [5.74, 6) is 1.58. The maximum Gasteiger partial charge on any atom is 0.128 e. The Balaban J connectivity index is 2.28. The lowest BCUT2D eigenvalue weighted by atomic mass is 10.1. The smallest absolute Gasteiger partial charge is 0.128 e. The number of hydrogen-bond donors (Lipinski definition) is 1. The summed E-state index contributed by atoms with van der Waals surface area (Å²) in [6.45, 7) is 5.90. The van der Waals surface area contributed by atoms with Crippen molar-refractivity contribution in [3.63, 3.8) is 0 Å². The topological polar surface area (TPSA) is 35.2 Å². The van der Waals surface area contributed by atoms with Crippen LogP contribution in [0, 0.1) is 13.8 Å². The minimum Gasteiger partial charge on any atom is -0.457 e. The van der Waals surface area contributed by atoms with E-state index in [4.69, 9.17) is 22.1 Å². The predicted molar refractivity (Wildman–Crippen MR) is 80.0 cm³/mol. The van der Waals surface area contributed by atoms with E-state index in [1.165, 1.54) is 0 Å². The highest BCUT2D eigenvalue weighted by Gasteiger charge is 2.06. The summed E-state index contributed by atoms with van der Waals surface area (Å²) in [5.41, 5.74) is 8.95. The van der Waals surface area contributed by atoms with Crippen LogP contribution < -0.4 is 10.5 Å². The first-order chi connectivity index (χ1) is 8.97. The Bertz CT molecular complexity index is 570. The van der Waals surface area contributed by atoms with Crippen LogP contribution >= 0.6 is 11.6 Å². The van der Waals surface area contributed by atoms with Gasteiger partial charge >= 0.3 is 0 Å². The molecule has 0 saturated heterocycles. The summed E-state index contributed by atoms with van der Waals surface area (Å²) in [7, 11) is 0. The van der Waals surface area contributed by atoms with E-state index >= 15 is 0 Å². The molecule has 0 aromatic heterocycles. The first kappa shape index (κ1) is 13.9. The molecule has 0 aliphatic carbocycles. The second kappa shape index (κ2) is 5.64. The normalized spacial score (nSPS) is 12.3. The van der Waals surface area contributed by atoms with Gasteiger partial charge in [0, 0.05) is 11.1 Å². The highest BCUT2D eigenvalue weighted by Crippen LogP contribution is 2.29. The Morgan fingerprint density at radius 1 is 1.05 bits per heavy atom. The highest BCUT2D eigenvalue weighted by atomic mass is 35.5. The van der Waals surface area contributed by atoms with Gasteiger partial charge in [-0.15, -0.1) is 0 Å². The summed E-state index contributed by atoms with van der Waals surface area (Å²) in [4.78, 5) is 0. The third kappa shape index (κ3) is 3.28. The third-order valence-electron chi connectivity index (χ3n) is 3.03. The van der Waals surface area contributed by atoms with Gasteiger partial charge in [0.1, 0.15) is 11.5 Å². The van der Waals surface area contributed by atoms with Crippen molar-refractivity contribution in [2.75, 3.05) is 0 Å². The fourth-order valence-corrected chi connectivity index (χ4v) is 2.07. The second-order valence-electron chi connectivity index (χ2n) is 4.83. The van der Waals surface area contributed by atoms with Crippen LogP contribution in [0.2, 0.25) is 5.02 Å². The van der Waals surface area contributed by atoms with Crippen molar-refractivity contribution >= 4 is 11.6 Å². The van der Waals surface area contributed by atoms with E-state index in [0.29, 0.717) is 0 Å². The fourth-order valence-electron chi connectivity index (χ4n) is 1.96. The number of nitrogens with two attached hydrogens (primary N) is 1. The quantitative estimate of drug-likeness (QED) is 0.876. The molecule has 2 N–H and O–H groups in total. The minimum absolute atomic E-state index is 0.00256. The number of ether oxygens (including phenoxy) is 1. The molecule has 1 atom stereocenters. The molecule has 2 nitrogen and oxygen atoms in total. The molecule has 0 fully saturated rings. The molecule has 0 saturated carbocycles. The lowest BCUT2D eigenvalue weighted by molar-refractivity contribution is 0.480. The molecular formula is C16H18ClNO. The van der Waals surface area contributed by atoms with Crippen LogP contribution in [0.4, 0.5) is 0 Å². The van der Waals surface area contributed by atoms with Crippen LogP contribution in [0.5, 0.6) is 11.5 Å². The molecule has 0 aliphatic rings. The van der Waals surface area contributed by atoms with E-state index in [2.05, 4.69) is 0 Å². The zero-order valence-corrected chi connectivity index (χ0v) is 12.2. The predicted octanol–water partition coefficient (Wildman–Crippen LogP) is 4.77. The molecule has 0 bridgehead atoms. The van der Waals surface area contributed by atoms with Crippen LogP contribution in [0.3, 0.4) is 0 Å². The van der Waals surface area contributed by atoms with Gasteiger partial charge in [0.15, 0.2) is 0 Å². The first-order valence-electron chi connectivity index (χ1n) is 6.27. The molecule has 2 aromatic carbocycles. The van der Waals surface area contributed by atoms with E-state index in [1.807, 2.05) is 57.2 Å². The summed E-state index contributed by atoms with van der Waals surface area (Å²) in [6, 6.07) is 11.7. The summed E-state index contributed by atoms with van der Waals surface area (Å²) < 4.78 is 5.87. The minimum atomic E-state index is -0.00256. The second-order valence-corrected chi connectivity index (χ2v) is 5.21. The highest BCUT2D eigenvalue weighted by molar-refractivity contribution is 6.32. The molecule has 0 radical (unpaired) electrons. The van der Waals surface area contributed by atoms with Gasteiger partial charge in [-0.2, -0.15) is 0 Å². The van der Waals surface area contributed by atoms with Crippen molar-refractivity contribution in [2.24, 2.45) is 5.73 Å². The maximum atomic E-state index is 6.15. The van der Waals surface area contributed by atoms with Gasteiger partial charge in [0.2, 0.25) is 0 Å². The van der Waals surface area contributed by atoms with Gasteiger partial charge in [-0.25, -0.2) is 0 Å². The SMILES string of the molecule is Cc1cc(Oc2cccc(C(C)N)c2)cc(C)c1Cl. The van der Waals surface area contributed by atoms with Crippen molar-refractivity contribution in [1.82, 2.24) is 0 Å². The number of hydrogen-bond acceptors (Lipinski definition) is 2. The lowest BCUT2D eigenvalue weighted by Gasteiger charge is -2.12. The Hall–Kier alpha value is -1.51. The molecule has 0 amide bonds. The van der Waals surface area contributed by atoms with Gasteiger partial charge in [-0.3, -0.25) is 0 Å². The maximum absolute atomic E-state index is 6.15. The van der Waals surface area contributed by atoms with Crippen molar-refractivity contribution in [3.05, 3.63) is 58.1 Å². The zero-order chi connectivity index (χ0) is 14.0. The largest absolute Gasteiger partial charge is 0.457 e. The number of benzene rings is 2. The fraction of sp³-hybridized carbons (Fsp3) is 0.250. The molecule has 1 unspecified atom stereocenters. The van der Waals surface area contributed by atoms with E-state index in [0.717, 1.165) is 33.2 Å². The van der Waals surface area contributed by atoms with E-state index in [-0.39, 0.29) is 6.04 Å². The first-order valence-corrected chi connectivity index (χ1v) is 6.65. The Kier molecular flexibility index (Phi) is 4.13. The van der Waals surface area contributed by atoms with Crippen LogP contribution in [-0.4, -0.2) is 0 Å². The molecule has 0 spiro atoms. The zero-order valence-electron chi connectivity index (χ0n) is 11.4. The standard InChI is InChI=1S/C16H18ClNO/c1-10-7-15(8-11(2)16(10)17)19-14-6-4-5-13(9-14)12(3)18/h4-9,12H,18H2,1-3H3. The summed E-state index contributed by atoms with van der Waals surface area (Å²) >= 11 is 6.15. The molecule has 100 valence electrons.